The van der Waals surface area contributed by atoms with Gasteiger partial charge in [0, 0.05) is 11.6 Å². The van der Waals surface area contributed by atoms with Crippen molar-refractivity contribution < 1.29 is 4.79 Å². The molecule has 3 unspecified atom stereocenters. The number of carbonyl (C=O) groups is 1. The van der Waals surface area contributed by atoms with Gasteiger partial charge in [0.05, 0.1) is 12.5 Å². The largest absolute Gasteiger partial charge is 0.326 e. The number of amides is 1. The molecule has 0 saturated heterocycles. The third-order valence-corrected chi connectivity index (χ3v) is 4.76. The smallest absolute Gasteiger partial charge is 0.227 e. The zero-order valence-corrected chi connectivity index (χ0v) is 13.6. The first-order valence-corrected chi connectivity index (χ1v) is 8.40. The fraction of sp³-hybridized carbons (Fsp3) is 0.579. The van der Waals surface area contributed by atoms with Gasteiger partial charge in [-0.25, -0.2) is 0 Å². The van der Waals surface area contributed by atoms with Crippen molar-refractivity contribution in [1.29, 1.82) is 5.26 Å². The second-order valence-corrected chi connectivity index (χ2v) is 6.59. The fourth-order valence-electron chi connectivity index (χ4n) is 3.51. The van der Waals surface area contributed by atoms with Crippen LogP contribution in [0.25, 0.3) is 0 Å². The number of anilines is 1. The Morgan fingerprint density at radius 2 is 2.05 bits per heavy atom. The van der Waals surface area contributed by atoms with E-state index in [-0.39, 0.29) is 11.8 Å². The fourth-order valence-corrected chi connectivity index (χ4v) is 3.51. The Morgan fingerprint density at radius 3 is 2.68 bits per heavy atom. The lowest BCUT2D eigenvalue weighted by Gasteiger charge is -2.34. The van der Waals surface area contributed by atoms with Crippen molar-refractivity contribution >= 4 is 11.6 Å². The van der Waals surface area contributed by atoms with Crippen LogP contribution in [0.15, 0.2) is 24.3 Å². The average molecular weight is 298 g/mol. The van der Waals surface area contributed by atoms with Crippen molar-refractivity contribution in [3.8, 4) is 6.07 Å². The summed E-state index contributed by atoms with van der Waals surface area (Å²) in [7, 11) is 0. The number of hydrogen-bond donors (Lipinski definition) is 1. The molecule has 22 heavy (non-hydrogen) atoms. The Kier molecular flexibility index (Phi) is 6.00. The van der Waals surface area contributed by atoms with Gasteiger partial charge in [-0.05, 0) is 48.8 Å². The van der Waals surface area contributed by atoms with E-state index >= 15 is 0 Å². The predicted octanol–water partition coefficient (Wildman–Crippen LogP) is 4.54. The molecule has 3 nitrogen and oxygen atoms in total. The van der Waals surface area contributed by atoms with E-state index in [9.17, 15) is 4.79 Å². The molecule has 0 radical (unpaired) electrons. The molecule has 0 bridgehead atoms. The highest BCUT2D eigenvalue weighted by Gasteiger charge is 2.33. The minimum Gasteiger partial charge on any atom is -0.326 e. The summed E-state index contributed by atoms with van der Waals surface area (Å²) in [5.74, 6) is 1.47. The van der Waals surface area contributed by atoms with Crippen LogP contribution in [-0.2, 0) is 11.2 Å². The van der Waals surface area contributed by atoms with Crippen LogP contribution in [0.4, 0.5) is 5.69 Å². The number of nitrogens with zero attached hydrogens (tertiary/aromatic N) is 1. The second-order valence-electron chi connectivity index (χ2n) is 6.59. The zero-order valence-electron chi connectivity index (χ0n) is 13.6. The Morgan fingerprint density at radius 1 is 1.32 bits per heavy atom. The maximum absolute atomic E-state index is 12.6. The van der Waals surface area contributed by atoms with Crippen molar-refractivity contribution in [2.75, 3.05) is 5.32 Å². The highest BCUT2D eigenvalue weighted by molar-refractivity contribution is 5.92. The summed E-state index contributed by atoms with van der Waals surface area (Å²) in [6.07, 6.45) is 6.12. The summed E-state index contributed by atoms with van der Waals surface area (Å²) >= 11 is 0. The van der Waals surface area contributed by atoms with Crippen LogP contribution in [-0.4, -0.2) is 5.91 Å². The lowest BCUT2D eigenvalue weighted by Crippen LogP contribution is -2.34. The van der Waals surface area contributed by atoms with Gasteiger partial charge in [0.2, 0.25) is 5.91 Å². The van der Waals surface area contributed by atoms with Crippen LogP contribution >= 0.6 is 0 Å². The van der Waals surface area contributed by atoms with Gasteiger partial charge in [0.15, 0.2) is 0 Å². The average Bonchev–Trinajstić information content (AvgIpc) is 2.51. The number of rotatable bonds is 5. The van der Waals surface area contributed by atoms with Crippen LogP contribution in [0.3, 0.4) is 0 Å². The summed E-state index contributed by atoms with van der Waals surface area (Å²) in [6.45, 7) is 4.44. The second kappa shape index (κ2) is 7.98. The van der Waals surface area contributed by atoms with Crippen LogP contribution in [0, 0.1) is 29.1 Å². The maximum atomic E-state index is 12.6. The standard InChI is InChI=1S/C19H26N2O/c1-3-4-16-8-5-14(2)13-18(16)19(22)21-17-9-6-15(7-10-17)11-12-20/h6-7,9-10,14,16,18H,3-5,8,11,13H2,1-2H3,(H,21,22). The highest BCUT2D eigenvalue weighted by atomic mass is 16.1. The molecule has 0 spiro atoms. The molecule has 1 aliphatic carbocycles. The summed E-state index contributed by atoms with van der Waals surface area (Å²) in [6, 6.07) is 9.74. The summed E-state index contributed by atoms with van der Waals surface area (Å²) < 4.78 is 0. The Bertz CT molecular complexity index is 529. The number of nitriles is 1. The molecule has 0 aliphatic heterocycles. The predicted molar refractivity (Wildman–Crippen MR) is 89.3 cm³/mol. The van der Waals surface area contributed by atoms with E-state index in [4.69, 9.17) is 5.26 Å². The van der Waals surface area contributed by atoms with E-state index in [0.29, 0.717) is 18.3 Å². The molecule has 1 fully saturated rings. The third-order valence-electron chi connectivity index (χ3n) is 4.76. The zero-order chi connectivity index (χ0) is 15.9. The van der Waals surface area contributed by atoms with Crippen LogP contribution in [0.2, 0.25) is 0 Å². The first-order chi connectivity index (χ1) is 10.6. The lowest BCUT2D eigenvalue weighted by atomic mass is 9.72. The van der Waals surface area contributed by atoms with Gasteiger partial charge in [-0.2, -0.15) is 5.26 Å². The van der Waals surface area contributed by atoms with Crippen molar-refractivity contribution in [1.82, 2.24) is 0 Å². The molecule has 0 heterocycles. The van der Waals surface area contributed by atoms with Gasteiger partial charge < -0.3 is 5.32 Å². The minimum absolute atomic E-state index is 0.141. The molecular formula is C19H26N2O. The van der Waals surface area contributed by atoms with Gasteiger partial charge >= 0.3 is 0 Å². The molecular weight excluding hydrogens is 272 g/mol. The van der Waals surface area contributed by atoms with E-state index in [0.717, 1.165) is 30.5 Å². The first kappa shape index (κ1) is 16.5. The maximum Gasteiger partial charge on any atom is 0.227 e. The molecule has 1 saturated carbocycles. The van der Waals surface area contributed by atoms with Gasteiger partial charge in [-0.15, -0.1) is 0 Å². The molecule has 3 atom stereocenters. The minimum atomic E-state index is 0.141. The summed E-state index contributed by atoms with van der Waals surface area (Å²) in [5, 5.41) is 11.8. The van der Waals surface area contributed by atoms with E-state index in [1.807, 2.05) is 24.3 Å². The molecule has 118 valence electrons. The molecule has 3 heteroatoms. The number of hydrogen-bond acceptors (Lipinski definition) is 2. The van der Waals surface area contributed by atoms with Crippen molar-refractivity contribution in [2.24, 2.45) is 17.8 Å². The number of carbonyl (C=O) groups excluding carboxylic acids is 1. The monoisotopic (exact) mass is 298 g/mol. The normalized spacial score (nSPS) is 24.5. The van der Waals surface area contributed by atoms with Gasteiger partial charge in [-0.1, -0.05) is 38.8 Å². The Labute approximate surface area is 133 Å². The molecule has 0 aromatic heterocycles. The lowest BCUT2D eigenvalue weighted by molar-refractivity contribution is -0.123. The van der Waals surface area contributed by atoms with Crippen molar-refractivity contribution in [3.05, 3.63) is 29.8 Å². The van der Waals surface area contributed by atoms with Crippen LogP contribution < -0.4 is 5.32 Å². The summed E-state index contributed by atoms with van der Waals surface area (Å²) in [4.78, 5) is 12.6. The van der Waals surface area contributed by atoms with Gasteiger partial charge in [0.25, 0.3) is 0 Å². The van der Waals surface area contributed by atoms with Crippen molar-refractivity contribution in [2.45, 2.75) is 52.4 Å². The van der Waals surface area contributed by atoms with Gasteiger partial charge in [0.1, 0.15) is 0 Å². The van der Waals surface area contributed by atoms with E-state index in [1.54, 1.807) is 0 Å². The number of benzene rings is 1. The third kappa shape index (κ3) is 4.34. The SMILES string of the molecule is CCCC1CCC(C)CC1C(=O)Nc1ccc(CC#N)cc1. The van der Waals surface area contributed by atoms with Crippen LogP contribution in [0.5, 0.6) is 0 Å². The topological polar surface area (TPSA) is 52.9 Å². The molecule has 1 amide bonds. The van der Waals surface area contributed by atoms with E-state index in [1.165, 1.54) is 12.8 Å². The molecule has 1 aliphatic rings. The quantitative estimate of drug-likeness (QED) is 0.867. The van der Waals surface area contributed by atoms with E-state index in [2.05, 4.69) is 25.2 Å². The number of nitrogens with one attached hydrogen (secondary N) is 1. The first-order valence-electron chi connectivity index (χ1n) is 8.40. The molecule has 1 aromatic rings. The van der Waals surface area contributed by atoms with Crippen LogP contribution in [0.1, 0.15) is 51.5 Å². The van der Waals surface area contributed by atoms with E-state index < -0.39 is 0 Å². The Hall–Kier alpha value is -1.82. The summed E-state index contributed by atoms with van der Waals surface area (Å²) in [5.41, 5.74) is 1.82. The Balaban J connectivity index is 2.01. The van der Waals surface area contributed by atoms with Crippen molar-refractivity contribution in [3.63, 3.8) is 0 Å². The molecule has 2 rings (SSSR count). The molecule has 1 aromatic carbocycles. The molecule has 1 N–H and O–H groups in total. The highest BCUT2D eigenvalue weighted by Crippen LogP contribution is 2.37. The van der Waals surface area contributed by atoms with Gasteiger partial charge in [-0.3, -0.25) is 4.79 Å².